The lowest BCUT2D eigenvalue weighted by Gasteiger charge is -2.32. The van der Waals surface area contributed by atoms with Crippen LogP contribution in [0.2, 0.25) is 0 Å². The second kappa shape index (κ2) is 10.7. The van der Waals surface area contributed by atoms with Crippen molar-refractivity contribution in [2.45, 2.75) is 37.7 Å². The summed E-state index contributed by atoms with van der Waals surface area (Å²) in [6.45, 7) is 1.99. The smallest absolute Gasteiger partial charge is 0.416 e. The van der Waals surface area contributed by atoms with E-state index in [1.807, 2.05) is 60.7 Å². The van der Waals surface area contributed by atoms with E-state index < -0.39 is 17.8 Å². The third-order valence-electron chi connectivity index (χ3n) is 6.02. The Balaban J connectivity index is 1.29. The summed E-state index contributed by atoms with van der Waals surface area (Å²) in [5.74, 6) is 0. The van der Waals surface area contributed by atoms with Gasteiger partial charge in [-0.1, -0.05) is 72.8 Å². The van der Waals surface area contributed by atoms with E-state index in [1.54, 1.807) is 0 Å². The largest absolute Gasteiger partial charge is 0.446 e. The Hall–Kier alpha value is -3.32. The second-order valence-electron chi connectivity index (χ2n) is 8.47. The average Bonchev–Trinajstić information content (AvgIpc) is 2.85. The van der Waals surface area contributed by atoms with Crippen LogP contribution in [0.15, 0.2) is 84.9 Å². The van der Waals surface area contributed by atoms with Crippen molar-refractivity contribution in [1.29, 1.82) is 0 Å². The third kappa shape index (κ3) is 6.38. The fraction of sp³-hybridized carbons (Fsp3) is 0.296. The number of benzene rings is 3. The standard InChI is InChI=1S/C27H27F3N2O2/c28-27(29,30)23-13-11-20(12-14-23)19-32-17-15-24(16-18-32)34-26(33)31-25(21-7-3-1-4-8-21)22-9-5-2-6-10-22/h1-14,24-25H,15-19H2,(H,31,33). The summed E-state index contributed by atoms with van der Waals surface area (Å²) in [4.78, 5) is 14.9. The molecule has 0 saturated carbocycles. The molecule has 0 aliphatic carbocycles. The van der Waals surface area contributed by atoms with Gasteiger partial charge in [0.05, 0.1) is 11.6 Å². The summed E-state index contributed by atoms with van der Waals surface area (Å²) in [6.07, 6.45) is -3.63. The van der Waals surface area contributed by atoms with E-state index in [0.717, 1.165) is 28.8 Å². The Bertz CT molecular complexity index is 1010. The molecule has 0 unspecified atom stereocenters. The fourth-order valence-corrected chi connectivity index (χ4v) is 4.20. The van der Waals surface area contributed by atoms with Crippen molar-refractivity contribution in [2.75, 3.05) is 13.1 Å². The minimum Gasteiger partial charge on any atom is -0.446 e. The summed E-state index contributed by atoms with van der Waals surface area (Å²) in [5, 5.41) is 3.00. The number of alkyl halides is 3. The van der Waals surface area contributed by atoms with E-state index in [2.05, 4.69) is 10.2 Å². The van der Waals surface area contributed by atoms with Crippen LogP contribution in [0.1, 0.15) is 41.1 Å². The lowest BCUT2D eigenvalue weighted by atomic mass is 9.99. The molecule has 4 nitrogen and oxygen atoms in total. The number of nitrogens with zero attached hydrogens (tertiary/aromatic N) is 1. The van der Waals surface area contributed by atoms with E-state index in [-0.39, 0.29) is 12.1 Å². The van der Waals surface area contributed by atoms with Gasteiger partial charge in [-0.05, 0) is 41.7 Å². The number of rotatable bonds is 6. The minimum atomic E-state index is -4.32. The molecule has 1 aliphatic rings. The molecule has 7 heteroatoms. The van der Waals surface area contributed by atoms with Gasteiger partial charge in [-0.2, -0.15) is 13.2 Å². The van der Waals surface area contributed by atoms with Crippen molar-refractivity contribution in [3.05, 3.63) is 107 Å². The zero-order valence-corrected chi connectivity index (χ0v) is 18.7. The molecular formula is C27H27F3N2O2. The van der Waals surface area contributed by atoms with Crippen molar-refractivity contribution >= 4 is 6.09 Å². The van der Waals surface area contributed by atoms with Crippen molar-refractivity contribution in [3.63, 3.8) is 0 Å². The molecular weight excluding hydrogens is 441 g/mol. The first-order chi connectivity index (χ1) is 16.4. The summed E-state index contributed by atoms with van der Waals surface area (Å²) >= 11 is 0. The monoisotopic (exact) mass is 468 g/mol. The Morgan fingerprint density at radius 3 is 1.91 bits per heavy atom. The molecule has 3 aromatic carbocycles. The predicted octanol–water partition coefficient (Wildman–Crippen LogP) is 6.19. The van der Waals surface area contributed by atoms with Crippen LogP contribution < -0.4 is 5.32 Å². The van der Waals surface area contributed by atoms with Gasteiger partial charge in [0, 0.05) is 19.6 Å². The maximum absolute atomic E-state index is 12.7. The van der Waals surface area contributed by atoms with Gasteiger partial charge in [0.15, 0.2) is 0 Å². The minimum absolute atomic E-state index is 0.198. The Morgan fingerprint density at radius 2 is 1.41 bits per heavy atom. The van der Waals surface area contributed by atoms with Crippen LogP contribution in [-0.4, -0.2) is 30.2 Å². The van der Waals surface area contributed by atoms with Gasteiger partial charge in [-0.15, -0.1) is 0 Å². The van der Waals surface area contributed by atoms with Gasteiger partial charge in [0.2, 0.25) is 0 Å². The normalized spacial score (nSPS) is 15.3. The maximum Gasteiger partial charge on any atom is 0.416 e. The number of nitrogens with one attached hydrogen (secondary N) is 1. The number of carbonyl (C=O) groups is 1. The molecule has 0 spiro atoms. The number of likely N-dealkylation sites (tertiary alicyclic amines) is 1. The number of ether oxygens (including phenoxy) is 1. The number of piperidine rings is 1. The van der Waals surface area contributed by atoms with Crippen molar-refractivity contribution in [1.82, 2.24) is 10.2 Å². The van der Waals surface area contributed by atoms with Gasteiger partial charge >= 0.3 is 12.3 Å². The van der Waals surface area contributed by atoms with E-state index in [1.165, 1.54) is 12.1 Å². The fourth-order valence-electron chi connectivity index (χ4n) is 4.20. The molecule has 178 valence electrons. The van der Waals surface area contributed by atoms with Crippen LogP contribution in [0, 0.1) is 0 Å². The third-order valence-corrected chi connectivity index (χ3v) is 6.02. The highest BCUT2D eigenvalue weighted by atomic mass is 19.4. The summed E-state index contributed by atoms with van der Waals surface area (Å²) in [7, 11) is 0. The summed E-state index contributed by atoms with van der Waals surface area (Å²) in [5.41, 5.74) is 2.13. The molecule has 1 N–H and O–H groups in total. The van der Waals surface area contributed by atoms with Crippen LogP contribution in [0.5, 0.6) is 0 Å². The number of hydrogen-bond donors (Lipinski definition) is 1. The van der Waals surface area contributed by atoms with Gasteiger partial charge in [-0.3, -0.25) is 4.90 Å². The Morgan fingerprint density at radius 1 is 0.882 bits per heavy atom. The zero-order chi connectivity index (χ0) is 24.0. The van der Waals surface area contributed by atoms with Crippen LogP contribution in [0.4, 0.5) is 18.0 Å². The SMILES string of the molecule is O=C(NC(c1ccccc1)c1ccccc1)OC1CCN(Cc2ccc(C(F)(F)F)cc2)CC1. The van der Waals surface area contributed by atoms with Gasteiger partial charge < -0.3 is 10.1 Å². The molecule has 1 aliphatic heterocycles. The number of halogens is 3. The van der Waals surface area contributed by atoms with Crippen molar-refractivity contribution < 1.29 is 22.7 Å². The van der Waals surface area contributed by atoms with Crippen molar-refractivity contribution in [2.24, 2.45) is 0 Å². The topological polar surface area (TPSA) is 41.6 Å². The highest BCUT2D eigenvalue weighted by Crippen LogP contribution is 2.29. The molecule has 0 aromatic heterocycles. The number of amides is 1. The first-order valence-electron chi connectivity index (χ1n) is 11.3. The van der Waals surface area contributed by atoms with Gasteiger partial charge in [-0.25, -0.2) is 4.79 Å². The van der Waals surface area contributed by atoms with Crippen LogP contribution in [-0.2, 0) is 17.5 Å². The average molecular weight is 469 g/mol. The lowest BCUT2D eigenvalue weighted by molar-refractivity contribution is -0.137. The zero-order valence-electron chi connectivity index (χ0n) is 18.7. The molecule has 0 radical (unpaired) electrons. The quantitative estimate of drug-likeness (QED) is 0.469. The van der Waals surface area contributed by atoms with Crippen molar-refractivity contribution in [3.8, 4) is 0 Å². The first kappa shape index (κ1) is 23.8. The molecule has 3 aromatic rings. The van der Waals surface area contributed by atoms with Gasteiger partial charge in [0.1, 0.15) is 6.10 Å². The van der Waals surface area contributed by atoms with Crippen LogP contribution in [0.25, 0.3) is 0 Å². The van der Waals surface area contributed by atoms with Gasteiger partial charge in [0.25, 0.3) is 0 Å². The molecule has 0 bridgehead atoms. The molecule has 4 rings (SSSR count). The highest BCUT2D eigenvalue weighted by Gasteiger charge is 2.30. The Kier molecular flexibility index (Phi) is 7.53. The Labute approximate surface area is 197 Å². The van der Waals surface area contributed by atoms with E-state index in [0.29, 0.717) is 32.5 Å². The second-order valence-corrected chi connectivity index (χ2v) is 8.47. The van der Waals surface area contributed by atoms with E-state index in [9.17, 15) is 18.0 Å². The number of carbonyl (C=O) groups excluding carboxylic acids is 1. The first-order valence-corrected chi connectivity index (χ1v) is 11.3. The molecule has 1 amide bonds. The highest BCUT2D eigenvalue weighted by molar-refractivity contribution is 5.69. The lowest BCUT2D eigenvalue weighted by Crippen LogP contribution is -2.40. The molecule has 1 saturated heterocycles. The number of hydrogen-bond acceptors (Lipinski definition) is 3. The maximum atomic E-state index is 12.7. The summed E-state index contributed by atoms with van der Waals surface area (Å²) < 4.78 is 43.9. The molecule has 0 atom stereocenters. The van der Waals surface area contributed by atoms with E-state index in [4.69, 9.17) is 4.74 Å². The van der Waals surface area contributed by atoms with Crippen LogP contribution in [0.3, 0.4) is 0 Å². The summed E-state index contributed by atoms with van der Waals surface area (Å²) in [6, 6.07) is 24.4. The molecule has 1 heterocycles. The van der Waals surface area contributed by atoms with Crippen LogP contribution >= 0.6 is 0 Å². The predicted molar refractivity (Wildman–Crippen MR) is 124 cm³/mol. The number of alkyl carbamates (subject to hydrolysis) is 1. The molecule has 34 heavy (non-hydrogen) atoms. The van der Waals surface area contributed by atoms with E-state index >= 15 is 0 Å². The molecule has 1 fully saturated rings.